The second kappa shape index (κ2) is 8.02. The van der Waals surface area contributed by atoms with Gasteiger partial charge in [-0.15, -0.1) is 0 Å². The zero-order chi connectivity index (χ0) is 19.8. The first-order chi connectivity index (χ1) is 14.0. The monoisotopic (exact) mass is 524 g/mol. The average molecular weight is 527 g/mol. The SMILES string of the molecule is CC(C)(C)C1=[C]([Zr+2]2([CH]3c4ccccc4-c4ccc5ccccc5c43)[CH2][CH2]2)CC=C1.[Cl-].[Cl-]. The Hall–Kier alpha value is -1.14. The standard InChI is InChI=1S/C17H11.C9H13.C2H4.2ClH.Zr/c1-3-7-14-12(5-1)9-10-16-15-8-4-2-6-13(15)11-17(14)16;1-9(2,3)8-6-4-5-7-8;1-2;;;/h1-11H;4,6H,5H2,1-3H3;1-2H2;2*1H;/q;;;;;+2/p-2. The molecule has 3 aromatic rings. The molecule has 3 heteroatoms. The van der Waals surface area contributed by atoms with Gasteiger partial charge in [-0.2, -0.15) is 0 Å². The Morgan fingerprint density at radius 3 is 2.26 bits per heavy atom. The first kappa shape index (κ1) is 23.0. The fourth-order valence-corrected chi connectivity index (χ4v) is 22.4. The second-order valence-corrected chi connectivity index (χ2v) is 21.2. The first-order valence-electron chi connectivity index (χ1n) is 11.0. The van der Waals surface area contributed by atoms with E-state index in [1.807, 2.05) is 3.28 Å². The molecule has 0 N–H and O–H groups in total. The molecule has 0 amide bonds. The number of fused-ring (bicyclic) bond motifs is 5. The molecule has 1 aliphatic heterocycles. The van der Waals surface area contributed by atoms with Gasteiger partial charge < -0.3 is 24.8 Å². The van der Waals surface area contributed by atoms with E-state index in [1.54, 1.807) is 16.7 Å². The van der Waals surface area contributed by atoms with Crippen molar-refractivity contribution < 1.29 is 45.1 Å². The number of rotatable bonds is 2. The van der Waals surface area contributed by atoms with Gasteiger partial charge in [0.2, 0.25) is 0 Å². The van der Waals surface area contributed by atoms with Gasteiger partial charge in [-0.1, -0.05) is 0 Å². The quantitative estimate of drug-likeness (QED) is 0.481. The van der Waals surface area contributed by atoms with Gasteiger partial charge in [-0.25, -0.2) is 0 Å². The van der Waals surface area contributed by atoms with E-state index in [4.69, 9.17) is 0 Å². The van der Waals surface area contributed by atoms with Crippen molar-refractivity contribution in [2.75, 3.05) is 0 Å². The zero-order valence-electron chi connectivity index (χ0n) is 18.4. The Labute approximate surface area is 203 Å². The number of benzene rings is 3. The van der Waals surface area contributed by atoms with Gasteiger partial charge in [-0.05, 0) is 0 Å². The van der Waals surface area contributed by atoms with Crippen LogP contribution in [-0.2, 0) is 20.3 Å². The van der Waals surface area contributed by atoms with E-state index >= 15 is 0 Å². The molecule has 1 unspecified atom stereocenters. The van der Waals surface area contributed by atoms with E-state index in [9.17, 15) is 0 Å². The van der Waals surface area contributed by atoms with Gasteiger partial charge in [-0.3, -0.25) is 0 Å². The van der Waals surface area contributed by atoms with Crippen molar-refractivity contribution in [3.63, 3.8) is 0 Å². The molecule has 0 saturated carbocycles. The van der Waals surface area contributed by atoms with Crippen LogP contribution in [0.2, 0.25) is 8.26 Å². The second-order valence-electron chi connectivity index (χ2n) is 10.2. The summed E-state index contributed by atoms with van der Waals surface area (Å²) in [5.41, 5.74) is 8.26. The van der Waals surface area contributed by atoms with Crippen molar-refractivity contribution in [3.05, 3.63) is 92.8 Å². The third-order valence-corrected chi connectivity index (χ3v) is 19.7. The Morgan fingerprint density at radius 1 is 0.806 bits per heavy atom. The molecule has 3 aromatic carbocycles. The normalized spacial score (nSPS) is 19.1. The molecule has 0 bridgehead atoms. The van der Waals surface area contributed by atoms with Crippen molar-refractivity contribution in [3.8, 4) is 11.1 Å². The van der Waals surface area contributed by atoms with E-state index < -0.39 is 20.3 Å². The molecule has 0 radical (unpaired) electrons. The van der Waals surface area contributed by atoms with Gasteiger partial charge in [0.15, 0.2) is 0 Å². The topological polar surface area (TPSA) is 0 Å². The van der Waals surface area contributed by atoms with Crippen LogP contribution in [0.3, 0.4) is 0 Å². The zero-order valence-corrected chi connectivity index (χ0v) is 22.4. The van der Waals surface area contributed by atoms with Crippen molar-refractivity contribution in [1.82, 2.24) is 0 Å². The van der Waals surface area contributed by atoms with Crippen molar-refractivity contribution in [2.24, 2.45) is 5.41 Å². The molecule has 0 nitrogen and oxygen atoms in total. The molecule has 0 aromatic heterocycles. The van der Waals surface area contributed by atoms with E-state index in [2.05, 4.69) is 93.6 Å². The molecule has 2 aliphatic carbocycles. The summed E-state index contributed by atoms with van der Waals surface area (Å²) in [7, 11) is 0. The maximum absolute atomic E-state index is 2.51. The predicted molar refractivity (Wildman–Crippen MR) is 121 cm³/mol. The number of allylic oxidation sites excluding steroid dienone is 4. The summed E-state index contributed by atoms with van der Waals surface area (Å²) in [5.74, 6) is 0. The summed E-state index contributed by atoms with van der Waals surface area (Å²) in [4.78, 5) is 0. The molecular weight excluding hydrogens is 498 g/mol. The van der Waals surface area contributed by atoms with Crippen molar-refractivity contribution in [1.29, 1.82) is 0 Å². The van der Waals surface area contributed by atoms with Gasteiger partial charge >= 0.3 is 179 Å². The van der Waals surface area contributed by atoms with Gasteiger partial charge in [0.25, 0.3) is 0 Å². The van der Waals surface area contributed by atoms with E-state index in [-0.39, 0.29) is 30.2 Å². The Kier molecular flexibility index (Phi) is 5.96. The van der Waals surface area contributed by atoms with Crippen molar-refractivity contribution in [2.45, 2.75) is 39.1 Å². The average Bonchev–Trinajstić information content (AvgIpc) is 3.21. The van der Waals surface area contributed by atoms with Crippen LogP contribution < -0.4 is 24.8 Å². The minimum absolute atomic E-state index is 0. The molecular formula is C28H28Cl2Zr. The van der Waals surface area contributed by atoms with Crippen LogP contribution in [0.25, 0.3) is 21.9 Å². The van der Waals surface area contributed by atoms with Crippen LogP contribution in [-0.4, -0.2) is 0 Å². The molecule has 3 aliphatic rings. The smallest absolute Gasteiger partial charge is 1.00 e. The molecule has 1 atom stereocenters. The number of halogens is 2. The molecule has 158 valence electrons. The Bertz CT molecular complexity index is 1230. The van der Waals surface area contributed by atoms with Gasteiger partial charge in [0.05, 0.1) is 0 Å². The minimum atomic E-state index is -2.51. The molecule has 1 fully saturated rings. The fourth-order valence-electron chi connectivity index (χ4n) is 6.14. The summed E-state index contributed by atoms with van der Waals surface area (Å²) in [6, 6.07) is 23.1. The van der Waals surface area contributed by atoms with Crippen LogP contribution in [0.5, 0.6) is 0 Å². The minimum Gasteiger partial charge on any atom is -1.00 e. The molecule has 1 heterocycles. The van der Waals surface area contributed by atoms with Gasteiger partial charge in [0, 0.05) is 0 Å². The summed E-state index contributed by atoms with van der Waals surface area (Å²) in [6.45, 7) is 7.23. The van der Waals surface area contributed by atoms with Crippen LogP contribution in [0.4, 0.5) is 0 Å². The third kappa shape index (κ3) is 3.35. The largest absolute Gasteiger partial charge is 1.00 e. The summed E-state index contributed by atoms with van der Waals surface area (Å²) < 4.78 is 5.65. The van der Waals surface area contributed by atoms with Crippen LogP contribution >= 0.6 is 0 Å². The fraction of sp³-hybridized carbons (Fsp3) is 0.286. The Morgan fingerprint density at radius 2 is 1.52 bits per heavy atom. The number of hydrogen-bond donors (Lipinski definition) is 0. The first-order valence-corrected chi connectivity index (χ1v) is 17.1. The summed E-state index contributed by atoms with van der Waals surface area (Å²) >= 11 is -2.51. The van der Waals surface area contributed by atoms with Crippen molar-refractivity contribution >= 4 is 10.8 Å². The van der Waals surface area contributed by atoms with E-state index in [1.165, 1.54) is 36.6 Å². The molecule has 0 spiro atoms. The summed E-state index contributed by atoms with van der Waals surface area (Å²) in [5, 5.41) is 2.90. The van der Waals surface area contributed by atoms with Crippen LogP contribution in [0, 0.1) is 5.41 Å². The maximum atomic E-state index is 2.47. The van der Waals surface area contributed by atoms with Crippen LogP contribution in [0.15, 0.2) is 81.7 Å². The third-order valence-electron chi connectivity index (χ3n) is 7.50. The summed E-state index contributed by atoms with van der Waals surface area (Å²) in [6.07, 6.45) is 6.15. The number of hydrogen-bond acceptors (Lipinski definition) is 0. The predicted octanol–water partition coefficient (Wildman–Crippen LogP) is 2.18. The van der Waals surface area contributed by atoms with Gasteiger partial charge in [0.1, 0.15) is 0 Å². The Balaban J connectivity index is 0.00000116. The molecule has 1 saturated heterocycles. The maximum Gasteiger partial charge on any atom is -1.00 e. The van der Waals surface area contributed by atoms with Crippen LogP contribution in [0.1, 0.15) is 41.9 Å². The van der Waals surface area contributed by atoms with E-state index in [0.717, 1.165) is 0 Å². The molecule has 6 rings (SSSR count). The molecule has 31 heavy (non-hydrogen) atoms. The van der Waals surface area contributed by atoms with E-state index in [0.29, 0.717) is 3.63 Å².